The highest BCUT2D eigenvalue weighted by atomic mass is 35.5. The summed E-state index contributed by atoms with van der Waals surface area (Å²) in [5.41, 5.74) is 1.26. The Bertz CT molecular complexity index is 246. The Morgan fingerprint density at radius 2 is 1.85 bits per heavy atom. The third-order valence-corrected chi connectivity index (χ3v) is 2.25. The van der Waals surface area contributed by atoms with Gasteiger partial charge in [0.15, 0.2) is 0 Å². The normalized spacial score (nSPS) is 10.8. The molecule has 1 aromatic rings. The first-order chi connectivity index (χ1) is 6.22. The lowest BCUT2D eigenvalue weighted by molar-refractivity contribution is 0.348. The number of halogens is 2. The van der Waals surface area contributed by atoms with Crippen LogP contribution >= 0.6 is 23.2 Å². The van der Waals surface area contributed by atoms with Crippen LogP contribution in [0.1, 0.15) is 5.56 Å². The summed E-state index contributed by atoms with van der Waals surface area (Å²) in [7, 11) is 2.05. The Balaban J connectivity index is 2.49. The first-order valence-electron chi connectivity index (χ1n) is 4.21. The van der Waals surface area contributed by atoms with Crippen LogP contribution in [0.15, 0.2) is 24.3 Å². The molecule has 0 aliphatic heterocycles. The summed E-state index contributed by atoms with van der Waals surface area (Å²) < 4.78 is 0. The number of alkyl halides is 1. The molecule has 13 heavy (non-hydrogen) atoms. The number of hydrogen-bond donors (Lipinski definition) is 0. The van der Waals surface area contributed by atoms with Crippen LogP contribution in [-0.2, 0) is 6.54 Å². The molecule has 0 amide bonds. The van der Waals surface area contributed by atoms with E-state index < -0.39 is 0 Å². The van der Waals surface area contributed by atoms with E-state index in [1.807, 2.05) is 24.3 Å². The van der Waals surface area contributed by atoms with Gasteiger partial charge in [0.25, 0.3) is 0 Å². The molecule has 0 unspecified atom stereocenters. The predicted octanol–water partition coefficient (Wildman–Crippen LogP) is 3.01. The summed E-state index contributed by atoms with van der Waals surface area (Å²) in [4.78, 5) is 2.18. The van der Waals surface area contributed by atoms with Gasteiger partial charge in [0.2, 0.25) is 0 Å². The van der Waals surface area contributed by atoms with E-state index in [2.05, 4.69) is 11.9 Å². The van der Waals surface area contributed by atoms with Crippen LogP contribution in [0.4, 0.5) is 0 Å². The van der Waals surface area contributed by atoms with Crippen LogP contribution in [0.3, 0.4) is 0 Å². The molecule has 0 atom stereocenters. The molecule has 0 saturated heterocycles. The van der Waals surface area contributed by atoms with Crippen LogP contribution in [0.25, 0.3) is 0 Å². The molecule has 72 valence electrons. The maximum Gasteiger partial charge on any atom is 0.0406 e. The minimum atomic E-state index is 0.671. The van der Waals surface area contributed by atoms with Crippen molar-refractivity contribution in [2.45, 2.75) is 6.54 Å². The summed E-state index contributed by atoms with van der Waals surface area (Å²) in [6, 6.07) is 7.89. The highest BCUT2D eigenvalue weighted by Crippen LogP contribution is 2.10. The van der Waals surface area contributed by atoms with Crippen molar-refractivity contribution in [3.05, 3.63) is 34.9 Å². The van der Waals surface area contributed by atoms with Crippen molar-refractivity contribution >= 4 is 23.2 Å². The van der Waals surface area contributed by atoms with Gasteiger partial charge < -0.3 is 4.90 Å². The molecule has 0 aliphatic carbocycles. The smallest absolute Gasteiger partial charge is 0.0406 e. The van der Waals surface area contributed by atoms with Gasteiger partial charge in [-0.25, -0.2) is 0 Å². The second kappa shape index (κ2) is 5.48. The molecule has 0 saturated carbocycles. The van der Waals surface area contributed by atoms with Gasteiger partial charge in [-0.2, -0.15) is 0 Å². The monoisotopic (exact) mass is 217 g/mol. The van der Waals surface area contributed by atoms with Crippen molar-refractivity contribution in [3.8, 4) is 0 Å². The molecular formula is C10H13Cl2N. The van der Waals surface area contributed by atoms with E-state index in [0.717, 1.165) is 18.1 Å². The summed E-state index contributed by atoms with van der Waals surface area (Å²) >= 11 is 11.4. The van der Waals surface area contributed by atoms with Crippen molar-refractivity contribution in [1.29, 1.82) is 0 Å². The van der Waals surface area contributed by atoms with Crippen LogP contribution < -0.4 is 0 Å². The van der Waals surface area contributed by atoms with Gasteiger partial charge in [-0.1, -0.05) is 23.7 Å². The fourth-order valence-electron chi connectivity index (χ4n) is 1.12. The van der Waals surface area contributed by atoms with Gasteiger partial charge in [0, 0.05) is 24.0 Å². The van der Waals surface area contributed by atoms with E-state index in [1.54, 1.807) is 0 Å². The van der Waals surface area contributed by atoms with Gasteiger partial charge >= 0.3 is 0 Å². The fraction of sp³-hybridized carbons (Fsp3) is 0.400. The zero-order chi connectivity index (χ0) is 9.68. The molecule has 0 N–H and O–H groups in total. The van der Waals surface area contributed by atoms with Crippen molar-refractivity contribution in [3.63, 3.8) is 0 Å². The summed E-state index contributed by atoms with van der Waals surface area (Å²) in [5, 5.41) is 0.781. The molecule has 0 heterocycles. The predicted molar refractivity (Wildman–Crippen MR) is 58.5 cm³/mol. The van der Waals surface area contributed by atoms with E-state index in [1.165, 1.54) is 5.56 Å². The average Bonchev–Trinajstić information content (AvgIpc) is 2.09. The van der Waals surface area contributed by atoms with E-state index in [9.17, 15) is 0 Å². The fourth-order valence-corrected chi connectivity index (χ4v) is 1.54. The Labute approximate surface area is 89.3 Å². The molecule has 1 aromatic carbocycles. The zero-order valence-electron chi connectivity index (χ0n) is 7.63. The minimum absolute atomic E-state index is 0.671. The largest absolute Gasteiger partial charge is 0.301 e. The number of benzene rings is 1. The molecule has 0 spiro atoms. The van der Waals surface area contributed by atoms with Gasteiger partial charge in [-0.3, -0.25) is 0 Å². The number of rotatable bonds is 4. The highest BCUT2D eigenvalue weighted by Gasteiger charge is 1.98. The molecule has 3 heteroatoms. The maximum atomic E-state index is 5.77. The van der Waals surface area contributed by atoms with Gasteiger partial charge in [-0.15, -0.1) is 11.6 Å². The summed E-state index contributed by atoms with van der Waals surface area (Å²) in [6.45, 7) is 1.83. The average molecular weight is 218 g/mol. The lowest BCUT2D eigenvalue weighted by atomic mass is 10.2. The van der Waals surface area contributed by atoms with Crippen molar-refractivity contribution in [2.75, 3.05) is 19.5 Å². The zero-order valence-corrected chi connectivity index (χ0v) is 9.15. The molecule has 0 aliphatic rings. The molecular weight excluding hydrogens is 205 g/mol. The van der Waals surface area contributed by atoms with E-state index in [4.69, 9.17) is 23.2 Å². The van der Waals surface area contributed by atoms with Crippen molar-refractivity contribution in [1.82, 2.24) is 4.90 Å². The molecule has 1 nitrogen and oxygen atoms in total. The van der Waals surface area contributed by atoms with E-state index in [-0.39, 0.29) is 0 Å². The van der Waals surface area contributed by atoms with Gasteiger partial charge in [0.05, 0.1) is 0 Å². The van der Waals surface area contributed by atoms with E-state index in [0.29, 0.717) is 5.88 Å². The summed E-state index contributed by atoms with van der Waals surface area (Å²) in [6.07, 6.45) is 0. The first-order valence-corrected chi connectivity index (χ1v) is 5.12. The second-order valence-electron chi connectivity index (χ2n) is 3.05. The first kappa shape index (κ1) is 10.8. The summed E-state index contributed by atoms with van der Waals surface area (Å²) in [5.74, 6) is 0.671. The quantitative estimate of drug-likeness (QED) is 0.702. The Morgan fingerprint density at radius 1 is 1.23 bits per heavy atom. The molecule has 0 aromatic heterocycles. The second-order valence-corrected chi connectivity index (χ2v) is 3.87. The Morgan fingerprint density at radius 3 is 2.38 bits per heavy atom. The molecule has 0 fully saturated rings. The highest BCUT2D eigenvalue weighted by molar-refractivity contribution is 6.30. The third-order valence-electron chi connectivity index (χ3n) is 1.83. The number of nitrogens with zero attached hydrogens (tertiary/aromatic N) is 1. The molecule has 1 rings (SSSR count). The van der Waals surface area contributed by atoms with Crippen LogP contribution in [-0.4, -0.2) is 24.4 Å². The van der Waals surface area contributed by atoms with Crippen molar-refractivity contribution < 1.29 is 0 Å². The van der Waals surface area contributed by atoms with Gasteiger partial charge in [0.1, 0.15) is 0 Å². The SMILES string of the molecule is CN(CCCl)Cc1ccc(Cl)cc1. The Hall–Kier alpha value is -0.240. The van der Waals surface area contributed by atoms with Gasteiger partial charge in [-0.05, 0) is 24.7 Å². The Kier molecular flexibility index (Phi) is 4.57. The van der Waals surface area contributed by atoms with Crippen LogP contribution in [0, 0.1) is 0 Å². The standard InChI is InChI=1S/C10H13Cl2N/c1-13(7-6-11)8-9-2-4-10(12)5-3-9/h2-5H,6-8H2,1H3. The lowest BCUT2D eigenvalue weighted by Gasteiger charge is -2.14. The number of hydrogen-bond acceptors (Lipinski definition) is 1. The van der Waals surface area contributed by atoms with Crippen LogP contribution in [0.5, 0.6) is 0 Å². The maximum absolute atomic E-state index is 5.77. The lowest BCUT2D eigenvalue weighted by Crippen LogP contribution is -2.19. The topological polar surface area (TPSA) is 3.24 Å². The van der Waals surface area contributed by atoms with E-state index >= 15 is 0 Å². The van der Waals surface area contributed by atoms with Crippen molar-refractivity contribution in [2.24, 2.45) is 0 Å². The van der Waals surface area contributed by atoms with Crippen LogP contribution in [0.2, 0.25) is 5.02 Å². The molecule has 0 radical (unpaired) electrons. The molecule has 0 bridgehead atoms. The minimum Gasteiger partial charge on any atom is -0.301 e. The third kappa shape index (κ3) is 3.99.